The van der Waals surface area contributed by atoms with Crippen LogP contribution in [-0.2, 0) is 0 Å². The second-order valence-electron chi connectivity index (χ2n) is 7.26. The lowest BCUT2D eigenvalue weighted by molar-refractivity contribution is 0.0665. The van der Waals surface area contributed by atoms with Crippen LogP contribution in [0.3, 0.4) is 0 Å². The fourth-order valence-corrected chi connectivity index (χ4v) is 4.66. The predicted molar refractivity (Wildman–Crippen MR) is 104 cm³/mol. The number of piperidine rings is 1. The van der Waals surface area contributed by atoms with Gasteiger partial charge in [0, 0.05) is 24.7 Å². The fraction of sp³-hybridized carbons (Fsp3) is 0.500. The van der Waals surface area contributed by atoms with E-state index in [1.807, 2.05) is 18.7 Å². The summed E-state index contributed by atoms with van der Waals surface area (Å²) in [6, 6.07) is 6.48. The van der Waals surface area contributed by atoms with Crippen LogP contribution in [0.15, 0.2) is 18.2 Å². The molecule has 25 heavy (non-hydrogen) atoms. The van der Waals surface area contributed by atoms with Gasteiger partial charge in [0.25, 0.3) is 5.91 Å². The Morgan fingerprint density at radius 1 is 1.36 bits per heavy atom. The van der Waals surface area contributed by atoms with E-state index in [0.29, 0.717) is 5.92 Å². The van der Waals surface area contributed by atoms with Crippen molar-refractivity contribution in [2.45, 2.75) is 46.6 Å². The van der Waals surface area contributed by atoms with Gasteiger partial charge in [-0.15, -0.1) is 11.3 Å². The summed E-state index contributed by atoms with van der Waals surface area (Å²) in [5.41, 5.74) is 10.4. The van der Waals surface area contributed by atoms with Gasteiger partial charge in [-0.3, -0.25) is 4.79 Å². The molecule has 1 aromatic heterocycles. The summed E-state index contributed by atoms with van der Waals surface area (Å²) < 4.78 is 0. The highest BCUT2D eigenvalue weighted by atomic mass is 32.1. The maximum Gasteiger partial charge on any atom is 0.265 e. The lowest BCUT2D eigenvalue weighted by Gasteiger charge is -2.34. The minimum absolute atomic E-state index is 0.108. The number of carbonyl (C=O) groups excluding carboxylic acids is 1. The first kappa shape index (κ1) is 18.1. The van der Waals surface area contributed by atoms with Gasteiger partial charge in [0.2, 0.25) is 0 Å². The summed E-state index contributed by atoms with van der Waals surface area (Å²) in [5.74, 6) is 0.501. The molecule has 1 aromatic carbocycles. The van der Waals surface area contributed by atoms with Crippen molar-refractivity contribution >= 4 is 17.2 Å². The molecule has 0 unspecified atom stereocenters. The average Bonchev–Trinajstić information content (AvgIpc) is 2.95. The number of hydrogen-bond acceptors (Lipinski definition) is 4. The van der Waals surface area contributed by atoms with Crippen LogP contribution in [-0.4, -0.2) is 34.9 Å². The van der Waals surface area contributed by atoms with Gasteiger partial charge in [0.05, 0.1) is 5.69 Å². The van der Waals surface area contributed by atoms with E-state index < -0.39 is 0 Å². The van der Waals surface area contributed by atoms with Crippen molar-refractivity contribution in [1.29, 1.82) is 0 Å². The van der Waals surface area contributed by atoms with Crippen LogP contribution in [0.2, 0.25) is 0 Å². The van der Waals surface area contributed by atoms with E-state index in [1.165, 1.54) is 22.5 Å². The maximum absolute atomic E-state index is 13.0. The molecule has 4 nitrogen and oxygen atoms in total. The Balaban J connectivity index is 1.86. The van der Waals surface area contributed by atoms with Gasteiger partial charge in [-0.2, -0.15) is 0 Å². The smallest absolute Gasteiger partial charge is 0.265 e. The molecule has 1 aliphatic heterocycles. The van der Waals surface area contributed by atoms with Gasteiger partial charge in [-0.1, -0.05) is 23.8 Å². The molecule has 0 bridgehead atoms. The second-order valence-corrected chi connectivity index (χ2v) is 8.26. The van der Waals surface area contributed by atoms with Gasteiger partial charge in [0.15, 0.2) is 0 Å². The molecule has 134 valence electrons. The van der Waals surface area contributed by atoms with Gasteiger partial charge >= 0.3 is 0 Å². The third-order valence-corrected chi connectivity index (χ3v) is 6.27. The Labute approximate surface area is 154 Å². The fourth-order valence-electron chi connectivity index (χ4n) is 3.53. The molecule has 1 fully saturated rings. The zero-order chi connectivity index (χ0) is 18.1. The number of carbonyl (C=O) groups is 1. The van der Waals surface area contributed by atoms with Crippen LogP contribution in [0, 0.1) is 26.7 Å². The van der Waals surface area contributed by atoms with Crippen LogP contribution < -0.4 is 5.73 Å². The number of hydrogen-bond donors (Lipinski definition) is 1. The van der Waals surface area contributed by atoms with E-state index >= 15 is 0 Å². The first-order chi connectivity index (χ1) is 11.9. The largest absolute Gasteiger partial charge is 0.338 e. The van der Waals surface area contributed by atoms with Crippen LogP contribution >= 0.6 is 11.3 Å². The van der Waals surface area contributed by atoms with Gasteiger partial charge in [-0.25, -0.2) is 4.98 Å². The van der Waals surface area contributed by atoms with E-state index in [1.54, 1.807) is 0 Å². The molecule has 2 heterocycles. The minimum atomic E-state index is 0.108. The lowest BCUT2D eigenvalue weighted by atomic mass is 9.92. The predicted octanol–water partition coefficient (Wildman–Crippen LogP) is 3.93. The first-order valence-corrected chi connectivity index (χ1v) is 9.78. The summed E-state index contributed by atoms with van der Waals surface area (Å²) >= 11 is 1.51. The van der Waals surface area contributed by atoms with Crippen molar-refractivity contribution in [2.75, 3.05) is 13.1 Å². The Morgan fingerprint density at radius 2 is 2.12 bits per heavy atom. The molecular formula is C20H27N3OS. The molecule has 0 aliphatic carbocycles. The number of rotatable bonds is 3. The monoisotopic (exact) mass is 357 g/mol. The Bertz CT molecular complexity index is 781. The zero-order valence-corrected chi connectivity index (χ0v) is 16.3. The number of nitrogens with two attached hydrogens (primary N) is 1. The van der Waals surface area contributed by atoms with Gasteiger partial charge in [0.1, 0.15) is 9.88 Å². The average molecular weight is 358 g/mol. The normalized spacial score (nSPS) is 19.1. The third kappa shape index (κ3) is 3.77. The summed E-state index contributed by atoms with van der Waals surface area (Å²) in [5, 5.41) is 0.930. The number of aromatic nitrogens is 1. The van der Waals surface area contributed by atoms with E-state index in [-0.39, 0.29) is 11.9 Å². The number of amides is 1. The number of nitrogens with zero attached hydrogens (tertiary/aromatic N) is 2. The molecule has 2 aromatic rings. The third-order valence-electron chi connectivity index (χ3n) is 5.09. The Hall–Kier alpha value is -1.72. The Morgan fingerprint density at radius 3 is 2.80 bits per heavy atom. The van der Waals surface area contributed by atoms with Crippen LogP contribution in [0.5, 0.6) is 0 Å². The van der Waals surface area contributed by atoms with Crippen LogP contribution in [0.1, 0.15) is 46.3 Å². The van der Waals surface area contributed by atoms with E-state index in [9.17, 15) is 4.79 Å². The highest BCUT2D eigenvalue weighted by Crippen LogP contribution is 2.32. The van der Waals surface area contributed by atoms with E-state index in [2.05, 4.69) is 37.0 Å². The Kier molecular flexibility index (Phi) is 5.25. The molecule has 0 radical (unpaired) electrons. The number of thiazole rings is 1. The molecule has 5 heteroatoms. The van der Waals surface area contributed by atoms with Crippen molar-refractivity contribution < 1.29 is 4.79 Å². The molecule has 1 saturated heterocycles. The molecule has 0 saturated carbocycles. The summed E-state index contributed by atoms with van der Waals surface area (Å²) in [6.07, 6.45) is 2.14. The van der Waals surface area contributed by atoms with Crippen molar-refractivity contribution in [3.63, 3.8) is 0 Å². The molecule has 2 atom stereocenters. The van der Waals surface area contributed by atoms with Crippen LogP contribution in [0.4, 0.5) is 0 Å². The molecule has 3 rings (SSSR count). The second kappa shape index (κ2) is 7.26. The number of likely N-dealkylation sites (tertiary alicyclic amines) is 1. The lowest BCUT2D eigenvalue weighted by Crippen LogP contribution is -2.45. The highest BCUT2D eigenvalue weighted by molar-refractivity contribution is 7.17. The number of benzene rings is 1. The van der Waals surface area contributed by atoms with E-state index in [4.69, 9.17) is 5.73 Å². The minimum Gasteiger partial charge on any atom is -0.338 e. The number of aryl methyl sites for hydroxylation is 3. The molecule has 1 amide bonds. The summed E-state index contributed by atoms with van der Waals surface area (Å²) in [7, 11) is 0. The van der Waals surface area contributed by atoms with Crippen molar-refractivity contribution in [1.82, 2.24) is 9.88 Å². The van der Waals surface area contributed by atoms with E-state index in [0.717, 1.165) is 47.1 Å². The van der Waals surface area contributed by atoms with Crippen molar-refractivity contribution in [3.05, 3.63) is 39.9 Å². The summed E-state index contributed by atoms with van der Waals surface area (Å²) in [6.45, 7) is 9.73. The standard InChI is InChI=1S/C20H27N3OS/c1-12-7-8-17(13(2)10-12)19-22-15(4)18(25-19)20(24)23-9-5-6-16(11-23)14(3)21/h7-8,10,14,16H,5-6,9,11,21H2,1-4H3/t14-,16+/m1/s1. The van der Waals surface area contributed by atoms with Crippen molar-refractivity contribution in [2.24, 2.45) is 11.7 Å². The zero-order valence-electron chi connectivity index (χ0n) is 15.5. The molecular weight excluding hydrogens is 330 g/mol. The first-order valence-electron chi connectivity index (χ1n) is 8.96. The maximum atomic E-state index is 13.0. The molecule has 0 spiro atoms. The summed E-state index contributed by atoms with van der Waals surface area (Å²) in [4.78, 5) is 20.4. The van der Waals surface area contributed by atoms with Crippen LogP contribution in [0.25, 0.3) is 10.6 Å². The van der Waals surface area contributed by atoms with Gasteiger partial charge < -0.3 is 10.6 Å². The quantitative estimate of drug-likeness (QED) is 0.905. The SMILES string of the molecule is Cc1ccc(-c2nc(C)c(C(=O)N3CCC[C@H]([C@@H](C)N)C3)s2)c(C)c1. The van der Waals surface area contributed by atoms with Crippen molar-refractivity contribution in [3.8, 4) is 10.6 Å². The topological polar surface area (TPSA) is 59.2 Å². The molecule has 1 aliphatic rings. The molecule has 2 N–H and O–H groups in total. The van der Waals surface area contributed by atoms with Gasteiger partial charge in [-0.05, 0) is 52.0 Å². The highest BCUT2D eigenvalue weighted by Gasteiger charge is 2.28.